The second-order valence-electron chi connectivity index (χ2n) is 8.19. The molecule has 1 saturated heterocycles. The number of benzene rings is 2. The van der Waals surface area contributed by atoms with Crippen molar-refractivity contribution in [3.63, 3.8) is 0 Å². The van der Waals surface area contributed by atoms with Crippen molar-refractivity contribution in [2.24, 2.45) is 0 Å². The fourth-order valence-corrected chi connectivity index (χ4v) is 4.40. The van der Waals surface area contributed by atoms with Crippen molar-refractivity contribution < 1.29 is 4.74 Å². The van der Waals surface area contributed by atoms with Gasteiger partial charge in [0.25, 0.3) is 11.1 Å². The minimum absolute atomic E-state index is 0.127. The molecule has 0 spiro atoms. The number of H-pyrrole nitrogens is 1. The first-order valence-electron chi connectivity index (χ1n) is 10.9. The van der Waals surface area contributed by atoms with Gasteiger partial charge in [-0.25, -0.2) is 4.68 Å². The standard InChI is InChI=1S/C25H26N4O3/c1-18-24-22(26-29(25(24)31)21-9-3-2-4-10-21)15-23(30)28(18)17-20-8-6-5-7-19(20)16-27-11-13-32-14-12-27/h2-10,15,26H,11-14,16-17H2,1H3. The molecule has 164 valence electrons. The third kappa shape index (κ3) is 3.81. The Hall–Kier alpha value is -3.42. The number of hydrogen-bond donors (Lipinski definition) is 1. The summed E-state index contributed by atoms with van der Waals surface area (Å²) < 4.78 is 8.65. The summed E-state index contributed by atoms with van der Waals surface area (Å²) in [5.41, 5.74) is 3.96. The molecule has 5 rings (SSSR count). The summed E-state index contributed by atoms with van der Waals surface area (Å²) in [5.74, 6) is 0. The fraction of sp³-hybridized carbons (Fsp3) is 0.280. The Morgan fingerprint density at radius 1 is 0.906 bits per heavy atom. The summed E-state index contributed by atoms with van der Waals surface area (Å²) in [6.07, 6.45) is 0. The average Bonchev–Trinajstić information content (AvgIpc) is 3.15. The van der Waals surface area contributed by atoms with Crippen molar-refractivity contribution in [3.8, 4) is 5.69 Å². The van der Waals surface area contributed by atoms with Crippen molar-refractivity contribution in [3.05, 3.63) is 98.2 Å². The Labute approximate surface area is 185 Å². The minimum atomic E-state index is -0.154. The van der Waals surface area contributed by atoms with Crippen LogP contribution in [0.1, 0.15) is 16.8 Å². The summed E-state index contributed by atoms with van der Waals surface area (Å²) in [6, 6.07) is 19.1. The Morgan fingerprint density at radius 2 is 1.56 bits per heavy atom. The van der Waals surface area contributed by atoms with Crippen molar-refractivity contribution in [1.82, 2.24) is 19.2 Å². The summed E-state index contributed by atoms with van der Waals surface area (Å²) >= 11 is 0. The predicted octanol–water partition coefficient (Wildman–Crippen LogP) is 2.67. The molecule has 1 aliphatic heterocycles. The zero-order valence-corrected chi connectivity index (χ0v) is 18.1. The summed E-state index contributed by atoms with van der Waals surface area (Å²) in [4.78, 5) is 28.6. The van der Waals surface area contributed by atoms with Gasteiger partial charge in [0.15, 0.2) is 0 Å². The van der Waals surface area contributed by atoms with Gasteiger partial charge in [-0.15, -0.1) is 0 Å². The van der Waals surface area contributed by atoms with E-state index in [9.17, 15) is 9.59 Å². The number of morpholine rings is 1. The van der Waals surface area contributed by atoms with Crippen LogP contribution in [0.15, 0.2) is 70.3 Å². The van der Waals surface area contributed by atoms with E-state index in [2.05, 4.69) is 22.1 Å². The first kappa shape index (κ1) is 20.5. The monoisotopic (exact) mass is 430 g/mol. The maximum atomic E-state index is 13.2. The molecule has 0 radical (unpaired) electrons. The van der Waals surface area contributed by atoms with Crippen LogP contribution in [0.25, 0.3) is 16.6 Å². The zero-order chi connectivity index (χ0) is 22.1. The molecule has 0 atom stereocenters. The number of aryl methyl sites for hydroxylation is 1. The van der Waals surface area contributed by atoms with Crippen molar-refractivity contribution in [1.29, 1.82) is 0 Å². The van der Waals surface area contributed by atoms with E-state index in [0.717, 1.165) is 44.1 Å². The summed E-state index contributed by atoms with van der Waals surface area (Å²) in [6.45, 7) is 6.40. The van der Waals surface area contributed by atoms with E-state index in [-0.39, 0.29) is 11.1 Å². The largest absolute Gasteiger partial charge is 0.379 e. The van der Waals surface area contributed by atoms with Crippen LogP contribution < -0.4 is 11.1 Å². The van der Waals surface area contributed by atoms with Crippen LogP contribution in [-0.4, -0.2) is 45.6 Å². The zero-order valence-electron chi connectivity index (χ0n) is 18.1. The first-order valence-corrected chi connectivity index (χ1v) is 10.9. The maximum Gasteiger partial charge on any atom is 0.280 e. The van der Waals surface area contributed by atoms with Gasteiger partial charge in [-0.3, -0.25) is 19.6 Å². The van der Waals surface area contributed by atoms with E-state index in [1.54, 1.807) is 4.57 Å². The van der Waals surface area contributed by atoms with Gasteiger partial charge in [0.1, 0.15) is 0 Å². The molecule has 0 saturated carbocycles. The van der Waals surface area contributed by atoms with Gasteiger partial charge in [-0.1, -0.05) is 42.5 Å². The molecule has 1 aliphatic rings. The van der Waals surface area contributed by atoms with E-state index >= 15 is 0 Å². The van der Waals surface area contributed by atoms with Crippen LogP contribution in [0.4, 0.5) is 0 Å². The number of aromatic amines is 1. The molecule has 2 aromatic carbocycles. The lowest BCUT2D eigenvalue weighted by Gasteiger charge is -2.27. The number of nitrogens with zero attached hydrogens (tertiary/aromatic N) is 3. The summed E-state index contributed by atoms with van der Waals surface area (Å²) in [7, 11) is 0. The highest BCUT2D eigenvalue weighted by atomic mass is 16.5. The lowest BCUT2D eigenvalue weighted by Crippen LogP contribution is -2.36. The predicted molar refractivity (Wildman–Crippen MR) is 125 cm³/mol. The van der Waals surface area contributed by atoms with E-state index in [1.165, 1.54) is 16.3 Å². The molecule has 1 N–H and O–H groups in total. The Kier molecular flexibility index (Phi) is 5.51. The van der Waals surface area contributed by atoms with Gasteiger partial charge in [0.05, 0.1) is 36.3 Å². The SMILES string of the molecule is Cc1c2c(=O)n(-c3ccccc3)[nH]c2cc(=O)n1Cc1ccccc1CN1CCOCC1. The van der Waals surface area contributed by atoms with Gasteiger partial charge in [0.2, 0.25) is 0 Å². The number of fused-ring (bicyclic) bond motifs is 1. The number of hydrogen-bond acceptors (Lipinski definition) is 4. The van der Waals surface area contributed by atoms with Gasteiger partial charge in [-0.2, -0.15) is 0 Å². The minimum Gasteiger partial charge on any atom is -0.379 e. The molecule has 3 heterocycles. The van der Waals surface area contributed by atoms with E-state index in [1.807, 2.05) is 49.4 Å². The van der Waals surface area contributed by atoms with E-state index in [0.29, 0.717) is 23.1 Å². The Morgan fingerprint density at radius 3 is 2.28 bits per heavy atom. The fourth-order valence-electron chi connectivity index (χ4n) is 4.40. The van der Waals surface area contributed by atoms with Crippen molar-refractivity contribution >= 4 is 10.9 Å². The highest BCUT2D eigenvalue weighted by Crippen LogP contribution is 2.18. The average molecular weight is 431 g/mol. The molecule has 0 unspecified atom stereocenters. The highest BCUT2D eigenvalue weighted by Gasteiger charge is 2.17. The second-order valence-corrected chi connectivity index (χ2v) is 8.19. The lowest BCUT2D eigenvalue weighted by molar-refractivity contribution is 0.0340. The number of aromatic nitrogens is 3. The molecule has 7 heteroatoms. The smallest absolute Gasteiger partial charge is 0.280 e. The van der Waals surface area contributed by atoms with Gasteiger partial charge in [0, 0.05) is 31.4 Å². The number of para-hydroxylation sites is 1. The molecule has 0 aliphatic carbocycles. The maximum absolute atomic E-state index is 13.2. The number of ether oxygens (including phenoxy) is 1. The van der Waals surface area contributed by atoms with Gasteiger partial charge < -0.3 is 9.30 Å². The van der Waals surface area contributed by atoms with Gasteiger partial charge >= 0.3 is 0 Å². The van der Waals surface area contributed by atoms with Crippen molar-refractivity contribution in [2.45, 2.75) is 20.0 Å². The van der Waals surface area contributed by atoms with Crippen LogP contribution in [0.2, 0.25) is 0 Å². The first-order chi connectivity index (χ1) is 15.6. The van der Waals surface area contributed by atoms with Gasteiger partial charge in [-0.05, 0) is 30.2 Å². The number of pyridine rings is 1. The molecule has 0 bridgehead atoms. The van der Waals surface area contributed by atoms with E-state index in [4.69, 9.17) is 4.74 Å². The second kappa shape index (κ2) is 8.61. The van der Waals surface area contributed by atoms with Crippen LogP contribution in [0.3, 0.4) is 0 Å². The Balaban J connectivity index is 1.54. The molecular weight excluding hydrogens is 404 g/mol. The lowest BCUT2D eigenvalue weighted by atomic mass is 10.1. The number of rotatable bonds is 5. The van der Waals surface area contributed by atoms with Crippen LogP contribution in [0, 0.1) is 6.92 Å². The van der Waals surface area contributed by atoms with Crippen LogP contribution in [0.5, 0.6) is 0 Å². The molecule has 2 aromatic heterocycles. The van der Waals surface area contributed by atoms with E-state index < -0.39 is 0 Å². The molecular formula is C25H26N4O3. The molecule has 7 nitrogen and oxygen atoms in total. The molecule has 4 aromatic rings. The molecule has 1 fully saturated rings. The molecule has 0 amide bonds. The quantitative estimate of drug-likeness (QED) is 0.528. The molecule has 32 heavy (non-hydrogen) atoms. The third-order valence-corrected chi connectivity index (χ3v) is 6.18. The van der Waals surface area contributed by atoms with Crippen LogP contribution >= 0.6 is 0 Å². The van der Waals surface area contributed by atoms with Crippen LogP contribution in [-0.2, 0) is 17.8 Å². The van der Waals surface area contributed by atoms with Crippen molar-refractivity contribution in [2.75, 3.05) is 26.3 Å². The number of nitrogens with one attached hydrogen (secondary N) is 1. The highest BCUT2D eigenvalue weighted by molar-refractivity contribution is 5.80. The third-order valence-electron chi connectivity index (χ3n) is 6.18. The topological polar surface area (TPSA) is 72.3 Å². The summed E-state index contributed by atoms with van der Waals surface area (Å²) in [5, 5.41) is 3.63. The normalized spacial score (nSPS) is 14.8. The Bertz CT molecular complexity index is 1360.